The molecular formula is C23H28N4O3. The molecule has 0 atom stereocenters. The van der Waals surface area contributed by atoms with E-state index < -0.39 is 0 Å². The average molecular weight is 409 g/mol. The number of aliphatic hydroxyl groups is 1. The summed E-state index contributed by atoms with van der Waals surface area (Å²) in [4.78, 5) is 28.4. The number of rotatable bonds is 6. The van der Waals surface area contributed by atoms with Crippen LogP contribution >= 0.6 is 0 Å². The van der Waals surface area contributed by atoms with Crippen molar-refractivity contribution < 1.29 is 14.7 Å². The summed E-state index contributed by atoms with van der Waals surface area (Å²) in [6, 6.07) is 15.3. The summed E-state index contributed by atoms with van der Waals surface area (Å²) in [5.74, 6) is -0.160. The zero-order valence-corrected chi connectivity index (χ0v) is 17.0. The summed E-state index contributed by atoms with van der Waals surface area (Å²) in [6.07, 6.45) is 1.53. The number of anilines is 1. The van der Waals surface area contributed by atoms with Crippen molar-refractivity contribution in [2.75, 3.05) is 31.1 Å². The maximum absolute atomic E-state index is 12.6. The van der Waals surface area contributed by atoms with Crippen molar-refractivity contribution in [3.8, 4) is 0 Å². The van der Waals surface area contributed by atoms with Crippen molar-refractivity contribution in [3.05, 3.63) is 65.2 Å². The number of carbonyl (C=O) groups is 2. The molecule has 2 aliphatic rings. The summed E-state index contributed by atoms with van der Waals surface area (Å²) in [5, 5.41) is 15.3. The Morgan fingerprint density at radius 3 is 2.50 bits per heavy atom. The summed E-state index contributed by atoms with van der Waals surface area (Å²) in [5.41, 5.74) is 3.54. The number of likely N-dealkylation sites (tertiary alicyclic amines) is 1. The molecule has 30 heavy (non-hydrogen) atoms. The molecule has 4 rings (SSSR count). The molecule has 3 N–H and O–H groups in total. The van der Waals surface area contributed by atoms with Crippen LogP contribution in [-0.2, 0) is 13.1 Å². The van der Waals surface area contributed by atoms with Crippen molar-refractivity contribution in [3.63, 3.8) is 0 Å². The van der Waals surface area contributed by atoms with Crippen LogP contribution in [0.1, 0.15) is 34.3 Å². The van der Waals surface area contributed by atoms with E-state index in [1.807, 2.05) is 18.2 Å². The van der Waals surface area contributed by atoms with Gasteiger partial charge >= 0.3 is 6.03 Å². The number of aliphatic hydroxyl groups excluding tert-OH is 1. The molecule has 2 heterocycles. The van der Waals surface area contributed by atoms with Gasteiger partial charge in [-0.2, -0.15) is 0 Å². The highest BCUT2D eigenvalue weighted by Crippen LogP contribution is 2.18. The summed E-state index contributed by atoms with van der Waals surface area (Å²) >= 11 is 0. The third-order valence-corrected chi connectivity index (χ3v) is 5.72. The Hall–Kier alpha value is -2.90. The van der Waals surface area contributed by atoms with Crippen LogP contribution in [-0.4, -0.2) is 54.2 Å². The van der Waals surface area contributed by atoms with Gasteiger partial charge in [0.2, 0.25) is 0 Å². The summed E-state index contributed by atoms with van der Waals surface area (Å²) in [6.45, 7) is 4.41. The lowest BCUT2D eigenvalue weighted by atomic mass is 10.1. The highest BCUT2D eigenvalue weighted by Gasteiger charge is 2.21. The molecule has 2 fully saturated rings. The lowest BCUT2D eigenvalue weighted by Gasteiger charge is -2.29. The molecule has 0 aliphatic carbocycles. The number of piperidine rings is 1. The van der Waals surface area contributed by atoms with Crippen molar-refractivity contribution >= 4 is 17.6 Å². The van der Waals surface area contributed by atoms with Gasteiger partial charge in [-0.05, 0) is 42.2 Å². The molecule has 0 aromatic heterocycles. The molecule has 0 bridgehead atoms. The van der Waals surface area contributed by atoms with E-state index in [1.54, 1.807) is 23.1 Å². The summed E-state index contributed by atoms with van der Waals surface area (Å²) < 4.78 is 0. The van der Waals surface area contributed by atoms with Crippen LogP contribution in [0.25, 0.3) is 0 Å². The number of urea groups is 1. The fourth-order valence-corrected chi connectivity index (χ4v) is 3.92. The lowest BCUT2D eigenvalue weighted by molar-refractivity contribution is 0.0792. The van der Waals surface area contributed by atoms with Crippen molar-refractivity contribution in [2.45, 2.75) is 32.0 Å². The van der Waals surface area contributed by atoms with Gasteiger partial charge in [0.15, 0.2) is 0 Å². The molecule has 0 saturated carbocycles. The van der Waals surface area contributed by atoms with Crippen molar-refractivity contribution in [2.24, 2.45) is 0 Å². The normalized spacial score (nSPS) is 17.8. The molecule has 2 aliphatic heterocycles. The molecule has 0 radical (unpaired) electrons. The minimum absolute atomic E-state index is 0.131. The van der Waals surface area contributed by atoms with Gasteiger partial charge < -0.3 is 15.7 Å². The van der Waals surface area contributed by atoms with Crippen molar-refractivity contribution in [1.82, 2.24) is 15.5 Å². The minimum atomic E-state index is -0.160. The van der Waals surface area contributed by atoms with Crippen LogP contribution in [0, 0.1) is 0 Å². The quantitative estimate of drug-likeness (QED) is 0.684. The van der Waals surface area contributed by atoms with E-state index in [-0.39, 0.29) is 18.0 Å². The second kappa shape index (κ2) is 9.28. The van der Waals surface area contributed by atoms with Crippen LogP contribution in [0.5, 0.6) is 0 Å². The fourth-order valence-electron chi connectivity index (χ4n) is 3.92. The first-order valence-corrected chi connectivity index (χ1v) is 10.5. The highest BCUT2D eigenvalue weighted by atomic mass is 16.3. The van der Waals surface area contributed by atoms with Gasteiger partial charge in [0.25, 0.3) is 5.91 Å². The number of amides is 3. The van der Waals surface area contributed by atoms with Gasteiger partial charge in [0, 0.05) is 50.5 Å². The zero-order valence-electron chi connectivity index (χ0n) is 17.0. The standard InChI is InChI=1S/C23H28N4O3/c28-21-8-11-26(12-9-21)16-18-6-4-17(5-7-18)15-25-22(29)19-2-1-3-20(14-19)27-13-10-24-23(27)30/h1-7,14,21,28H,8-13,15-16H2,(H,24,30)(H,25,29). The Morgan fingerprint density at radius 2 is 1.80 bits per heavy atom. The second-order valence-electron chi connectivity index (χ2n) is 7.94. The van der Waals surface area contributed by atoms with E-state index in [1.165, 1.54) is 5.56 Å². The van der Waals surface area contributed by atoms with Crippen LogP contribution in [0.3, 0.4) is 0 Å². The van der Waals surface area contributed by atoms with Crippen LogP contribution in [0.4, 0.5) is 10.5 Å². The van der Waals surface area contributed by atoms with E-state index in [9.17, 15) is 14.7 Å². The maximum Gasteiger partial charge on any atom is 0.321 e. The van der Waals surface area contributed by atoms with Crippen LogP contribution in [0.2, 0.25) is 0 Å². The molecule has 2 aromatic carbocycles. The van der Waals surface area contributed by atoms with E-state index in [2.05, 4.69) is 27.7 Å². The number of carbonyl (C=O) groups excluding carboxylic acids is 2. The largest absolute Gasteiger partial charge is 0.393 e. The average Bonchev–Trinajstić information content (AvgIpc) is 3.20. The third-order valence-electron chi connectivity index (χ3n) is 5.72. The monoisotopic (exact) mass is 408 g/mol. The Morgan fingerprint density at radius 1 is 1.07 bits per heavy atom. The number of hydrogen-bond donors (Lipinski definition) is 3. The topological polar surface area (TPSA) is 84.9 Å². The smallest absolute Gasteiger partial charge is 0.321 e. The van der Waals surface area contributed by atoms with Gasteiger partial charge in [0.1, 0.15) is 0 Å². The number of nitrogens with zero attached hydrogens (tertiary/aromatic N) is 2. The fraction of sp³-hybridized carbons (Fsp3) is 0.391. The Bertz CT molecular complexity index is 892. The zero-order chi connectivity index (χ0) is 20.9. The number of benzene rings is 2. The molecule has 7 heteroatoms. The van der Waals surface area contributed by atoms with Gasteiger partial charge in [0.05, 0.1) is 6.10 Å². The predicted octanol–water partition coefficient (Wildman–Crippen LogP) is 2.10. The third kappa shape index (κ3) is 4.98. The van der Waals surface area contributed by atoms with Crippen molar-refractivity contribution in [1.29, 1.82) is 0 Å². The first kappa shape index (κ1) is 20.4. The molecule has 0 spiro atoms. The van der Waals surface area contributed by atoms with E-state index in [0.29, 0.717) is 25.2 Å². The Kier molecular flexibility index (Phi) is 6.30. The molecule has 2 aromatic rings. The summed E-state index contributed by atoms with van der Waals surface area (Å²) in [7, 11) is 0. The van der Waals surface area contributed by atoms with E-state index >= 15 is 0 Å². The molecule has 158 valence electrons. The van der Waals surface area contributed by atoms with Gasteiger partial charge in [-0.25, -0.2) is 4.79 Å². The number of nitrogens with one attached hydrogen (secondary N) is 2. The maximum atomic E-state index is 12.6. The first-order valence-electron chi connectivity index (χ1n) is 10.5. The lowest BCUT2D eigenvalue weighted by Crippen LogP contribution is -2.35. The molecule has 2 saturated heterocycles. The first-order chi connectivity index (χ1) is 14.6. The molecule has 0 unspecified atom stereocenters. The van der Waals surface area contributed by atoms with E-state index in [0.717, 1.165) is 43.7 Å². The van der Waals surface area contributed by atoms with Gasteiger partial charge in [-0.3, -0.25) is 14.6 Å². The molecular weight excluding hydrogens is 380 g/mol. The minimum Gasteiger partial charge on any atom is -0.393 e. The molecule has 7 nitrogen and oxygen atoms in total. The second-order valence-corrected chi connectivity index (χ2v) is 7.94. The number of hydrogen-bond acceptors (Lipinski definition) is 4. The van der Waals surface area contributed by atoms with Gasteiger partial charge in [-0.1, -0.05) is 30.3 Å². The predicted molar refractivity (Wildman–Crippen MR) is 115 cm³/mol. The Labute approximate surface area is 176 Å². The molecule has 3 amide bonds. The SMILES string of the molecule is O=C(NCc1ccc(CN2CCC(O)CC2)cc1)c1cccc(N2CCNC2=O)c1. The highest BCUT2D eigenvalue weighted by molar-refractivity contribution is 5.98. The van der Waals surface area contributed by atoms with Crippen LogP contribution < -0.4 is 15.5 Å². The van der Waals surface area contributed by atoms with Gasteiger partial charge in [-0.15, -0.1) is 0 Å². The van der Waals surface area contributed by atoms with E-state index in [4.69, 9.17) is 0 Å². The van der Waals surface area contributed by atoms with Crippen LogP contribution in [0.15, 0.2) is 48.5 Å². The Balaban J connectivity index is 1.30.